The molecule has 8 aromatic carbocycles. The van der Waals surface area contributed by atoms with Gasteiger partial charge in [-0.1, -0.05) is 133 Å². The molecule has 0 saturated carbocycles. The average Bonchev–Trinajstić information content (AvgIpc) is 3.75. The molecule has 0 aliphatic heterocycles. The fourth-order valence-corrected chi connectivity index (χ4v) is 7.82. The van der Waals surface area contributed by atoms with Crippen LogP contribution in [0.4, 0.5) is 0 Å². The molecular formula is C47H28N4O. The van der Waals surface area contributed by atoms with Crippen LogP contribution in [-0.4, -0.2) is 19.5 Å². The van der Waals surface area contributed by atoms with Crippen molar-refractivity contribution >= 4 is 65.3 Å². The van der Waals surface area contributed by atoms with Crippen LogP contribution in [-0.2, 0) is 0 Å². The number of aromatic nitrogens is 4. The molecule has 11 rings (SSSR count). The summed E-state index contributed by atoms with van der Waals surface area (Å²) < 4.78 is 9.01. The number of rotatable bonds is 4. The van der Waals surface area contributed by atoms with Gasteiger partial charge in [-0.15, -0.1) is 0 Å². The first-order valence-electron chi connectivity index (χ1n) is 17.4. The molecule has 0 bridgehead atoms. The molecule has 0 unspecified atom stereocenters. The van der Waals surface area contributed by atoms with E-state index in [1.54, 1.807) is 0 Å². The molecule has 0 radical (unpaired) electrons. The summed E-state index contributed by atoms with van der Waals surface area (Å²) in [7, 11) is 0. The molecule has 3 heterocycles. The van der Waals surface area contributed by atoms with Crippen molar-refractivity contribution in [2.45, 2.75) is 0 Å². The van der Waals surface area contributed by atoms with Crippen LogP contribution in [0.2, 0.25) is 0 Å². The van der Waals surface area contributed by atoms with Gasteiger partial charge >= 0.3 is 0 Å². The van der Waals surface area contributed by atoms with Gasteiger partial charge in [0.25, 0.3) is 0 Å². The Morgan fingerprint density at radius 1 is 0.385 bits per heavy atom. The zero-order valence-corrected chi connectivity index (χ0v) is 27.9. The summed E-state index contributed by atoms with van der Waals surface area (Å²) in [6.45, 7) is 0. The summed E-state index contributed by atoms with van der Waals surface area (Å²) in [6, 6.07) is 59.2. The second-order valence-electron chi connectivity index (χ2n) is 13.2. The third kappa shape index (κ3) is 4.39. The third-order valence-electron chi connectivity index (χ3n) is 10.2. The van der Waals surface area contributed by atoms with Crippen LogP contribution < -0.4 is 0 Å². The molecule has 0 amide bonds. The monoisotopic (exact) mass is 664 g/mol. The third-order valence-corrected chi connectivity index (χ3v) is 10.2. The lowest BCUT2D eigenvalue weighted by molar-refractivity contribution is 0.668. The van der Waals surface area contributed by atoms with Gasteiger partial charge in [0.15, 0.2) is 17.5 Å². The lowest BCUT2D eigenvalue weighted by Crippen LogP contribution is -2.01. The summed E-state index contributed by atoms with van der Waals surface area (Å²) in [5.41, 5.74) is 7.52. The van der Waals surface area contributed by atoms with Crippen molar-refractivity contribution in [3.05, 3.63) is 170 Å². The van der Waals surface area contributed by atoms with Crippen LogP contribution in [0.3, 0.4) is 0 Å². The Bertz CT molecular complexity index is 3120. The van der Waals surface area contributed by atoms with Crippen molar-refractivity contribution in [2.24, 2.45) is 0 Å². The van der Waals surface area contributed by atoms with E-state index >= 15 is 0 Å². The van der Waals surface area contributed by atoms with E-state index in [4.69, 9.17) is 19.4 Å². The van der Waals surface area contributed by atoms with Crippen molar-refractivity contribution in [1.29, 1.82) is 0 Å². The van der Waals surface area contributed by atoms with Crippen molar-refractivity contribution in [3.63, 3.8) is 0 Å². The number of nitrogens with zero attached hydrogens (tertiary/aromatic N) is 4. The maximum Gasteiger partial charge on any atom is 0.164 e. The first kappa shape index (κ1) is 28.7. The molecule has 0 spiro atoms. The zero-order valence-electron chi connectivity index (χ0n) is 27.9. The second kappa shape index (κ2) is 11.2. The first-order valence-corrected chi connectivity index (χ1v) is 17.4. The van der Waals surface area contributed by atoms with Crippen LogP contribution in [0.5, 0.6) is 0 Å². The van der Waals surface area contributed by atoms with Crippen molar-refractivity contribution in [2.75, 3.05) is 0 Å². The number of fused-ring (bicyclic) bond motifs is 9. The Kier molecular flexibility index (Phi) is 6.18. The number of hydrogen-bond donors (Lipinski definition) is 0. The lowest BCUT2D eigenvalue weighted by Gasteiger charge is -2.13. The van der Waals surface area contributed by atoms with E-state index in [-0.39, 0.29) is 0 Å². The highest BCUT2D eigenvalue weighted by molar-refractivity contribution is 6.19. The van der Waals surface area contributed by atoms with Gasteiger partial charge < -0.3 is 8.98 Å². The van der Waals surface area contributed by atoms with E-state index in [9.17, 15) is 0 Å². The van der Waals surface area contributed by atoms with Crippen molar-refractivity contribution < 1.29 is 4.42 Å². The molecule has 11 aromatic rings. The maximum atomic E-state index is 6.65. The number of para-hydroxylation sites is 2. The number of hydrogen-bond acceptors (Lipinski definition) is 4. The van der Waals surface area contributed by atoms with Crippen molar-refractivity contribution in [3.8, 4) is 39.9 Å². The van der Waals surface area contributed by atoms with E-state index in [1.807, 2.05) is 72.8 Å². The van der Waals surface area contributed by atoms with Gasteiger partial charge in [-0.2, -0.15) is 0 Å². The van der Waals surface area contributed by atoms with E-state index in [0.717, 1.165) is 55.3 Å². The molecular weight excluding hydrogens is 637 g/mol. The van der Waals surface area contributed by atoms with E-state index < -0.39 is 0 Å². The van der Waals surface area contributed by atoms with E-state index in [0.29, 0.717) is 17.5 Å². The minimum absolute atomic E-state index is 0.586. The van der Waals surface area contributed by atoms with Gasteiger partial charge in [-0.05, 0) is 51.9 Å². The highest BCUT2D eigenvalue weighted by atomic mass is 16.3. The van der Waals surface area contributed by atoms with Gasteiger partial charge in [0.05, 0.1) is 16.7 Å². The lowest BCUT2D eigenvalue weighted by atomic mass is 10.00. The van der Waals surface area contributed by atoms with Crippen LogP contribution >= 0.6 is 0 Å². The minimum Gasteiger partial charge on any atom is -0.456 e. The summed E-state index contributed by atoms with van der Waals surface area (Å²) in [5.74, 6) is 1.82. The molecule has 0 saturated heterocycles. The Morgan fingerprint density at radius 3 is 1.77 bits per heavy atom. The van der Waals surface area contributed by atoms with Crippen LogP contribution in [0.1, 0.15) is 0 Å². The Hall–Kier alpha value is -7.11. The first-order chi connectivity index (χ1) is 25.8. The van der Waals surface area contributed by atoms with Crippen molar-refractivity contribution in [1.82, 2.24) is 19.5 Å². The standard InChI is InChI=1S/C47H28N4O/c1-3-14-30(15-4-1)45-48-46(31-16-5-2-6-17-31)50-47(49-45)39-26-33(27-43-44(39)36-20-10-12-22-42(36)52-43)51-40-21-11-9-19-35(40)38-25-32-24-23-29-13-7-8-18-34(29)37(32)28-41(38)51/h1-28H. The maximum absolute atomic E-state index is 6.65. The fourth-order valence-electron chi connectivity index (χ4n) is 7.82. The van der Waals surface area contributed by atoms with Crippen LogP contribution in [0, 0.1) is 0 Å². The molecule has 5 nitrogen and oxygen atoms in total. The second-order valence-corrected chi connectivity index (χ2v) is 13.2. The molecule has 0 fully saturated rings. The van der Waals surface area contributed by atoms with Gasteiger partial charge in [-0.3, -0.25) is 0 Å². The molecule has 3 aromatic heterocycles. The van der Waals surface area contributed by atoms with Crippen LogP contribution in [0.25, 0.3) is 105 Å². The molecule has 242 valence electrons. The van der Waals surface area contributed by atoms with E-state index in [1.165, 1.54) is 32.3 Å². The Labute approximate surface area is 298 Å². The van der Waals surface area contributed by atoms with Gasteiger partial charge in [-0.25, -0.2) is 15.0 Å². The number of benzene rings is 8. The summed E-state index contributed by atoms with van der Waals surface area (Å²) in [4.78, 5) is 15.4. The molecule has 52 heavy (non-hydrogen) atoms. The highest BCUT2D eigenvalue weighted by Crippen LogP contribution is 2.42. The predicted molar refractivity (Wildman–Crippen MR) is 213 cm³/mol. The topological polar surface area (TPSA) is 56.7 Å². The molecule has 0 atom stereocenters. The highest BCUT2D eigenvalue weighted by Gasteiger charge is 2.22. The zero-order chi connectivity index (χ0) is 34.2. The quantitative estimate of drug-likeness (QED) is 0.176. The summed E-state index contributed by atoms with van der Waals surface area (Å²) >= 11 is 0. The predicted octanol–water partition coefficient (Wildman–Crippen LogP) is 12.2. The van der Waals surface area contributed by atoms with E-state index in [2.05, 4.69) is 102 Å². The van der Waals surface area contributed by atoms with Crippen LogP contribution in [0.15, 0.2) is 174 Å². The van der Waals surface area contributed by atoms with Gasteiger partial charge in [0.1, 0.15) is 11.2 Å². The van der Waals surface area contributed by atoms with Gasteiger partial charge in [0.2, 0.25) is 0 Å². The largest absolute Gasteiger partial charge is 0.456 e. The average molecular weight is 665 g/mol. The minimum atomic E-state index is 0.586. The molecule has 0 aliphatic rings. The molecule has 0 N–H and O–H groups in total. The number of furan rings is 1. The van der Waals surface area contributed by atoms with Gasteiger partial charge in [0, 0.05) is 44.3 Å². The summed E-state index contributed by atoms with van der Waals surface area (Å²) in [6.07, 6.45) is 0. The normalized spacial score (nSPS) is 11.8. The SMILES string of the molecule is c1ccc(-c2nc(-c3ccccc3)nc(-c3cc(-n4c5ccccc5c5cc6ccc7ccccc7c6cc54)cc4oc5ccccc5c34)n2)cc1. The summed E-state index contributed by atoms with van der Waals surface area (Å²) in [5, 5.41) is 9.27. The Balaban J connectivity index is 1.26. The fraction of sp³-hybridized carbons (Fsp3) is 0. The molecule has 5 heteroatoms. The smallest absolute Gasteiger partial charge is 0.164 e. The molecule has 0 aliphatic carbocycles. The Morgan fingerprint density at radius 2 is 1.00 bits per heavy atom.